The lowest BCUT2D eigenvalue weighted by molar-refractivity contribution is -0.106. The molecule has 0 amide bonds. The molecule has 1 aliphatic heterocycles. The van der Waals surface area contributed by atoms with Crippen molar-refractivity contribution < 1.29 is 25.2 Å². The van der Waals surface area contributed by atoms with Gasteiger partial charge in [-0.2, -0.15) is 0 Å². The van der Waals surface area contributed by atoms with Gasteiger partial charge in [0.15, 0.2) is 0 Å². The van der Waals surface area contributed by atoms with E-state index < -0.39 is 23.9 Å². The fraction of sp³-hybridized carbons (Fsp3) is 1.00. The van der Waals surface area contributed by atoms with Gasteiger partial charge in [-0.15, -0.1) is 0 Å². The maximum absolute atomic E-state index is 9.37. The summed E-state index contributed by atoms with van der Waals surface area (Å²) in [4.78, 5) is 0. The molecule has 4 atom stereocenters. The number of ether oxygens (including phenoxy) is 1. The summed E-state index contributed by atoms with van der Waals surface area (Å²) in [6.45, 7) is 0.728. The highest BCUT2D eigenvalue weighted by Crippen LogP contribution is 2.30. The summed E-state index contributed by atoms with van der Waals surface area (Å²) < 4.78 is 5.07. The summed E-state index contributed by atoms with van der Waals surface area (Å²) in [6, 6.07) is 0. The van der Waals surface area contributed by atoms with Crippen LogP contribution in [-0.2, 0) is 4.74 Å². The number of aliphatic hydroxyl groups is 4. The molecule has 4 N–H and O–H groups in total. The largest absolute Gasteiger partial charge is 0.394 e. The van der Waals surface area contributed by atoms with Crippen LogP contribution in [0.2, 0.25) is 0 Å². The number of rotatable bonds is 2. The van der Waals surface area contributed by atoms with Gasteiger partial charge in [0.25, 0.3) is 0 Å². The molecule has 1 heterocycles. The number of aliphatic hydroxyl groups excluding tert-OH is 4. The third-order valence-electron chi connectivity index (χ3n) is 2.24. The normalized spacial score (nSPS) is 48.2. The van der Waals surface area contributed by atoms with Gasteiger partial charge in [0, 0.05) is 0 Å². The molecule has 0 spiro atoms. The second-order valence-corrected chi connectivity index (χ2v) is 3.25. The lowest BCUT2D eigenvalue weighted by atomic mass is 9.98. The smallest absolute Gasteiger partial charge is 0.117 e. The van der Waals surface area contributed by atoms with Gasteiger partial charge in [0.2, 0.25) is 0 Å². The van der Waals surface area contributed by atoms with Crippen molar-refractivity contribution in [3.63, 3.8) is 0 Å². The Labute approximate surface area is 70.2 Å². The van der Waals surface area contributed by atoms with E-state index in [4.69, 9.17) is 14.9 Å². The van der Waals surface area contributed by atoms with Crippen LogP contribution in [0.5, 0.6) is 0 Å². The maximum atomic E-state index is 9.37. The van der Waals surface area contributed by atoms with Crippen molar-refractivity contribution in [2.45, 2.75) is 30.8 Å². The van der Waals surface area contributed by atoms with Crippen molar-refractivity contribution in [3.05, 3.63) is 0 Å². The summed E-state index contributed by atoms with van der Waals surface area (Å²) in [5.41, 5.74) is -1.16. The van der Waals surface area contributed by atoms with Gasteiger partial charge < -0.3 is 25.2 Å². The Hall–Kier alpha value is -0.200. The molecule has 0 aromatic rings. The average Bonchev–Trinajstić information content (AvgIpc) is 2.31. The van der Waals surface area contributed by atoms with E-state index in [9.17, 15) is 10.2 Å². The minimum absolute atomic E-state index is 0.367. The van der Waals surface area contributed by atoms with E-state index in [-0.39, 0.29) is 13.2 Å². The number of hydrogen-bond donors (Lipinski definition) is 4. The van der Waals surface area contributed by atoms with Gasteiger partial charge in [-0.1, -0.05) is 0 Å². The van der Waals surface area contributed by atoms with Crippen LogP contribution in [0, 0.1) is 0 Å². The maximum Gasteiger partial charge on any atom is 0.117 e. The van der Waals surface area contributed by atoms with Crippen LogP contribution in [0.1, 0.15) is 6.92 Å². The molecule has 1 rings (SSSR count). The first-order valence-corrected chi connectivity index (χ1v) is 3.81. The van der Waals surface area contributed by atoms with Crippen LogP contribution in [-0.4, -0.2) is 57.6 Å². The van der Waals surface area contributed by atoms with E-state index in [1.165, 1.54) is 6.92 Å². The second kappa shape index (κ2) is 3.27. The third-order valence-corrected chi connectivity index (χ3v) is 2.24. The first-order chi connectivity index (χ1) is 5.55. The molecule has 1 aliphatic rings. The Morgan fingerprint density at radius 3 is 2.17 bits per heavy atom. The van der Waals surface area contributed by atoms with Crippen molar-refractivity contribution in [2.24, 2.45) is 0 Å². The van der Waals surface area contributed by atoms with Crippen LogP contribution in [0.25, 0.3) is 0 Å². The molecule has 1 fully saturated rings. The van der Waals surface area contributed by atoms with Crippen LogP contribution >= 0.6 is 0 Å². The predicted molar refractivity (Wildman–Crippen MR) is 39.5 cm³/mol. The molecule has 5 heteroatoms. The molecule has 0 unspecified atom stereocenters. The van der Waals surface area contributed by atoms with Crippen LogP contribution in [0.15, 0.2) is 0 Å². The van der Waals surface area contributed by atoms with E-state index in [1.54, 1.807) is 0 Å². The molecular weight excluding hydrogens is 164 g/mol. The topological polar surface area (TPSA) is 90.2 Å². The highest BCUT2D eigenvalue weighted by Gasteiger charge is 2.50. The molecule has 0 aliphatic carbocycles. The molecule has 0 radical (unpaired) electrons. The van der Waals surface area contributed by atoms with E-state index in [0.717, 1.165) is 0 Å². The van der Waals surface area contributed by atoms with Gasteiger partial charge in [-0.05, 0) is 6.92 Å². The Morgan fingerprint density at radius 1 is 1.33 bits per heavy atom. The monoisotopic (exact) mass is 178 g/mol. The van der Waals surface area contributed by atoms with Crippen molar-refractivity contribution in [1.29, 1.82) is 0 Å². The Kier molecular flexibility index (Phi) is 2.70. The Balaban J connectivity index is 2.72. The molecule has 12 heavy (non-hydrogen) atoms. The molecule has 0 bridgehead atoms. The minimum atomic E-state index is -1.16. The highest BCUT2D eigenvalue weighted by molar-refractivity contribution is 4.98. The molecular formula is C7H14O5. The van der Waals surface area contributed by atoms with E-state index in [2.05, 4.69) is 0 Å². The zero-order valence-corrected chi connectivity index (χ0v) is 6.84. The summed E-state index contributed by atoms with van der Waals surface area (Å²) in [5, 5.41) is 36.2. The predicted octanol–water partition coefficient (Wildman–Crippen LogP) is -2.15. The van der Waals surface area contributed by atoms with Crippen molar-refractivity contribution in [3.8, 4) is 0 Å². The zero-order valence-electron chi connectivity index (χ0n) is 6.84. The standard InChI is InChI=1S/C7H14O5/c1-7(3-9)6(11)5(10)4(2-8)12-7/h4-6,8-11H,2-3H2,1H3/t4-,5-,6-,7+/m1/s1. The Bertz CT molecular complexity index is 162. The molecule has 1 saturated heterocycles. The van der Waals surface area contributed by atoms with Crippen molar-refractivity contribution in [2.75, 3.05) is 13.2 Å². The fourth-order valence-corrected chi connectivity index (χ4v) is 1.33. The summed E-state index contributed by atoms with van der Waals surface area (Å²) in [7, 11) is 0. The summed E-state index contributed by atoms with van der Waals surface area (Å²) >= 11 is 0. The summed E-state index contributed by atoms with van der Waals surface area (Å²) in [6.07, 6.45) is -3.09. The quantitative estimate of drug-likeness (QED) is 0.387. The first-order valence-electron chi connectivity index (χ1n) is 3.81. The Morgan fingerprint density at radius 2 is 1.92 bits per heavy atom. The zero-order chi connectivity index (χ0) is 9.35. The lowest BCUT2D eigenvalue weighted by Gasteiger charge is -2.24. The SMILES string of the molecule is C[C@@]1(CO)O[C@H](CO)[C@@H](O)[C@H]1O. The molecule has 72 valence electrons. The average molecular weight is 178 g/mol. The molecule has 0 saturated carbocycles. The van der Waals surface area contributed by atoms with E-state index in [0.29, 0.717) is 0 Å². The lowest BCUT2D eigenvalue weighted by Crippen LogP contribution is -2.43. The fourth-order valence-electron chi connectivity index (χ4n) is 1.33. The van der Waals surface area contributed by atoms with Gasteiger partial charge in [0.1, 0.15) is 23.9 Å². The van der Waals surface area contributed by atoms with Gasteiger partial charge in [0.05, 0.1) is 13.2 Å². The molecule has 5 nitrogen and oxygen atoms in total. The molecule has 0 aromatic carbocycles. The summed E-state index contributed by atoms with van der Waals surface area (Å²) in [5.74, 6) is 0. The van der Waals surface area contributed by atoms with Crippen molar-refractivity contribution >= 4 is 0 Å². The number of hydrogen-bond acceptors (Lipinski definition) is 5. The van der Waals surface area contributed by atoms with Crippen LogP contribution in [0.4, 0.5) is 0 Å². The van der Waals surface area contributed by atoms with Crippen LogP contribution < -0.4 is 0 Å². The van der Waals surface area contributed by atoms with E-state index in [1.807, 2.05) is 0 Å². The third kappa shape index (κ3) is 1.34. The van der Waals surface area contributed by atoms with Crippen LogP contribution in [0.3, 0.4) is 0 Å². The van der Waals surface area contributed by atoms with Gasteiger partial charge in [-0.25, -0.2) is 0 Å². The van der Waals surface area contributed by atoms with Crippen molar-refractivity contribution in [1.82, 2.24) is 0 Å². The van der Waals surface area contributed by atoms with E-state index >= 15 is 0 Å². The van der Waals surface area contributed by atoms with Gasteiger partial charge in [-0.3, -0.25) is 0 Å². The van der Waals surface area contributed by atoms with Gasteiger partial charge >= 0.3 is 0 Å². The first kappa shape index (κ1) is 9.88. The highest BCUT2D eigenvalue weighted by atomic mass is 16.6. The minimum Gasteiger partial charge on any atom is -0.394 e. The second-order valence-electron chi connectivity index (χ2n) is 3.25. The molecule has 0 aromatic heterocycles.